The fourth-order valence-electron chi connectivity index (χ4n) is 3.36. The highest BCUT2D eigenvalue weighted by Gasteiger charge is 2.41. The van der Waals surface area contributed by atoms with Crippen LogP contribution in [0.2, 0.25) is 0 Å². The van der Waals surface area contributed by atoms with Gasteiger partial charge in [0.1, 0.15) is 12.2 Å². The van der Waals surface area contributed by atoms with Crippen molar-refractivity contribution in [2.75, 3.05) is 6.54 Å². The molecular weight excluding hydrogens is 428 g/mol. The minimum absolute atomic E-state index is 0.0743. The van der Waals surface area contributed by atoms with Gasteiger partial charge >= 0.3 is 5.97 Å². The summed E-state index contributed by atoms with van der Waals surface area (Å²) in [6, 6.07) is 23.8. The lowest BCUT2D eigenvalue weighted by Gasteiger charge is -2.31. The summed E-state index contributed by atoms with van der Waals surface area (Å²) in [5.41, 5.74) is 0.100. The lowest BCUT2D eigenvalue weighted by molar-refractivity contribution is 0.0686. The molecule has 7 nitrogen and oxygen atoms in total. The summed E-state index contributed by atoms with van der Waals surface area (Å²) in [7, 11) is -4.24. The number of rotatable bonds is 5. The third-order valence-corrected chi connectivity index (χ3v) is 6.64. The second-order valence-corrected chi connectivity index (χ2v) is 8.63. The molecule has 8 heteroatoms. The van der Waals surface area contributed by atoms with Crippen LogP contribution in [0.4, 0.5) is 0 Å². The number of ether oxygens (including phenoxy) is 1. The lowest BCUT2D eigenvalue weighted by Crippen LogP contribution is -2.39. The van der Waals surface area contributed by atoms with Crippen LogP contribution in [-0.2, 0) is 14.8 Å². The van der Waals surface area contributed by atoms with Gasteiger partial charge in [0.2, 0.25) is 5.78 Å². The molecule has 3 aromatic rings. The third-order valence-electron chi connectivity index (χ3n) is 4.83. The van der Waals surface area contributed by atoms with E-state index < -0.39 is 28.3 Å². The fraction of sp³-hybridized carbons (Fsp3) is 0.0417. The van der Waals surface area contributed by atoms with Crippen LogP contribution in [0.15, 0.2) is 95.5 Å². The van der Waals surface area contributed by atoms with E-state index in [4.69, 9.17) is 4.74 Å². The first kappa shape index (κ1) is 21.0. The molecular formula is C24H16N2O5S. The lowest BCUT2D eigenvalue weighted by atomic mass is 10.0. The quantitative estimate of drug-likeness (QED) is 0.338. The Balaban J connectivity index is 1.98. The van der Waals surface area contributed by atoms with Crippen LogP contribution in [0, 0.1) is 11.3 Å². The first-order valence-electron chi connectivity index (χ1n) is 9.55. The number of allylic oxidation sites excluding steroid dienone is 1. The maximum atomic E-state index is 13.4. The van der Waals surface area contributed by atoms with E-state index in [1.807, 2.05) is 0 Å². The zero-order valence-electron chi connectivity index (χ0n) is 16.6. The predicted molar refractivity (Wildman–Crippen MR) is 115 cm³/mol. The van der Waals surface area contributed by atoms with Crippen LogP contribution in [0.25, 0.3) is 5.76 Å². The van der Waals surface area contributed by atoms with Gasteiger partial charge in [-0.1, -0.05) is 60.7 Å². The smallest absolute Gasteiger partial charge is 0.343 e. The molecule has 0 aliphatic carbocycles. The van der Waals surface area contributed by atoms with Gasteiger partial charge in [0.15, 0.2) is 5.76 Å². The molecule has 0 unspecified atom stereocenters. The SMILES string of the molecule is N#CCN1C(C(=O)c2ccccc2)=C(OC(=O)c2ccccc2)c2ccccc2S1(=O)=O. The monoisotopic (exact) mass is 444 g/mol. The van der Waals surface area contributed by atoms with Gasteiger partial charge in [0, 0.05) is 11.1 Å². The molecule has 1 aliphatic rings. The molecule has 0 atom stereocenters. The number of carbonyl (C=O) groups is 2. The minimum Gasteiger partial charge on any atom is -0.420 e. The van der Waals surface area contributed by atoms with Gasteiger partial charge in [0.05, 0.1) is 16.5 Å². The topological polar surface area (TPSA) is 105 Å². The van der Waals surface area contributed by atoms with Crippen molar-refractivity contribution >= 4 is 27.5 Å². The van der Waals surface area contributed by atoms with Crippen LogP contribution in [0.3, 0.4) is 0 Å². The molecule has 3 aromatic carbocycles. The summed E-state index contributed by atoms with van der Waals surface area (Å²) in [6.45, 7) is -0.628. The summed E-state index contributed by atoms with van der Waals surface area (Å²) < 4.78 is 32.9. The van der Waals surface area contributed by atoms with E-state index in [0.717, 1.165) is 0 Å². The van der Waals surface area contributed by atoms with Crippen molar-refractivity contribution in [3.8, 4) is 6.07 Å². The van der Waals surface area contributed by atoms with Crippen LogP contribution in [0.1, 0.15) is 26.3 Å². The highest BCUT2D eigenvalue weighted by atomic mass is 32.2. The van der Waals surface area contributed by atoms with Crippen molar-refractivity contribution in [3.05, 3.63) is 107 Å². The van der Waals surface area contributed by atoms with Gasteiger partial charge < -0.3 is 4.74 Å². The zero-order chi connectivity index (χ0) is 22.7. The normalized spacial score (nSPS) is 14.3. The Hall–Kier alpha value is -4.22. The Kier molecular flexibility index (Phi) is 5.58. The number of nitrogens with zero attached hydrogens (tertiary/aromatic N) is 2. The van der Waals surface area contributed by atoms with Crippen LogP contribution in [-0.4, -0.2) is 31.0 Å². The second kappa shape index (κ2) is 8.49. The predicted octanol–water partition coefficient (Wildman–Crippen LogP) is 3.62. The molecule has 1 heterocycles. The number of carbonyl (C=O) groups excluding carboxylic acids is 2. The number of nitriles is 1. The number of hydrogen-bond acceptors (Lipinski definition) is 6. The maximum absolute atomic E-state index is 13.4. The Bertz CT molecular complexity index is 1370. The highest BCUT2D eigenvalue weighted by molar-refractivity contribution is 7.89. The largest absolute Gasteiger partial charge is 0.420 e. The average molecular weight is 444 g/mol. The summed E-state index contributed by atoms with van der Waals surface area (Å²) in [5.74, 6) is -1.66. The number of sulfonamides is 1. The Morgan fingerprint density at radius 2 is 1.41 bits per heavy atom. The van der Waals surface area contributed by atoms with Gasteiger partial charge in [-0.3, -0.25) is 4.79 Å². The van der Waals surface area contributed by atoms with Crippen LogP contribution < -0.4 is 0 Å². The van der Waals surface area contributed by atoms with Gasteiger partial charge in [-0.15, -0.1) is 0 Å². The first-order valence-corrected chi connectivity index (χ1v) is 11.0. The number of Topliss-reactive ketones (excluding diaryl/α,β-unsaturated/α-hetero) is 1. The Labute approximate surface area is 184 Å². The van der Waals surface area contributed by atoms with E-state index in [1.54, 1.807) is 60.7 Å². The molecule has 0 fully saturated rings. The summed E-state index contributed by atoms with van der Waals surface area (Å²) in [4.78, 5) is 26.1. The van der Waals surface area contributed by atoms with E-state index in [2.05, 4.69) is 0 Å². The second-order valence-electron chi connectivity index (χ2n) is 6.79. The molecule has 1 aliphatic heterocycles. The van der Waals surface area contributed by atoms with Gasteiger partial charge in [-0.2, -0.15) is 5.26 Å². The number of esters is 1. The molecule has 4 rings (SSSR count). The van der Waals surface area contributed by atoms with Crippen molar-refractivity contribution in [2.45, 2.75) is 4.90 Å². The fourth-order valence-corrected chi connectivity index (χ4v) is 4.92. The standard InChI is InChI=1S/C24H16N2O5S/c25-15-16-26-21(22(27)17-9-3-1-4-10-17)23(31-24(28)18-11-5-2-6-12-18)19-13-7-8-14-20(19)32(26,29)30/h1-14H,16H2. The van der Waals surface area contributed by atoms with Gasteiger partial charge in [0.25, 0.3) is 10.0 Å². The van der Waals surface area contributed by atoms with Crippen molar-refractivity contribution in [2.24, 2.45) is 0 Å². The molecule has 0 aromatic heterocycles. The summed E-state index contributed by atoms with van der Waals surface area (Å²) >= 11 is 0. The number of benzene rings is 3. The van der Waals surface area contributed by atoms with E-state index >= 15 is 0 Å². The molecule has 32 heavy (non-hydrogen) atoms. The van der Waals surface area contributed by atoms with Gasteiger partial charge in [-0.25, -0.2) is 17.5 Å². The molecule has 0 saturated heterocycles. The molecule has 0 radical (unpaired) electrons. The number of fused-ring (bicyclic) bond motifs is 1. The van der Waals surface area contributed by atoms with Crippen molar-refractivity contribution < 1.29 is 22.7 Å². The summed E-state index contributed by atoms with van der Waals surface area (Å²) in [6.07, 6.45) is 0. The molecule has 0 amide bonds. The highest BCUT2D eigenvalue weighted by Crippen LogP contribution is 2.39. The maximum Gasteiger partial charge on any atom is 0.343 e. The van der Waals surface area contributed by atoms with Crippen LogP contribution in [0.5, 0.6) is 0 Å². The molecule has 0 spiro atoms. The molecule has 0 bridgehead atoms. The Morgan fingerprint density at radius 1 is 0.844 bits per heavy atom. The Morgan fingerprint density at radius 3 is 2.03 bits per heavy atom. The minimum atomic E-state index is -4.24. The number of ketones is 1. The van der Waals surface area contributed by atoms with Crippen molar-refractivity contribution in [1.29, 1.82) is 5.26 Å². The average Bonchev–Trinajstić information content (AvgIpc) is 2.83. The zero-order valence-corrected chi connectivity index (χ0v) is 17.5. The molecule has 0 N–H and O–H groups in total. The third kappa shape index (κ3) is 3.66. The van der Waals surface area contributed by atoms with E-state index in [1.165, 1.54) is 30.3 Å². The molecule has 0 saturated carbocycles. The first-order chi connectivity index (χ1) is 15.4. The van der Waals surface area contributed by atoms with Crippen molar-refractivity contribution in [3.63, 3.8) is 0 Å². The van der Waals surface area contributed by atoms with E-state index in [9.17, 15) is 23.3 Å². The van der Waals surface area contributed by atoms with Crippen molar-refractivity contribution in [1.82, 2.24) is 4.31 Å². The van der Waals surface area contributed by atoms with E-state index in [-0.39, 0.29) is 33.0 Å². The van der Waals surface area contributed by atoms with E-state index in [0.29, 0.717) is 4.31 Å². The van der Waals surface area contributed by atoms with Crippen LogP contribution >= 0.6 is 0 Å². The summed E-state index contributed by atoms with van der Waals surface area (Å²) in [5, 5.41) is 9.32. The number of hydrogen-bond donors (Lipinski definition) is 0. The molecule has 158 valence electrons. The van der Waals surface area contributed by atoms with Gasteiger partial charge in [-0.05, 0) is 24.3 Å².